The molecule has 28 heavy (non-hydrogen) atoms. The number of benzene rings is 1. The van der Waals surface area contributed by atoms with Crippen molar-refractivity contribution in [3.63, 3.8) is 0 Å². The topological polar surface area (TPSA) is 84.7 Å². The third kappa shape index (κ3) is 3.96. The molecule has 0 bridgehead atoms. The summed E-state index contributed by atoms with van der Waals surface area (Å²) in [5.41, 5.74) is 5.49. The maximum absolute atomic E-state index is 14.6. The third-order valence-corrected chi connectivity index (χ3v) is 4.52. The number of nitrogens with two attached hydrogens (primary N) is 1. The molecule has 1 heterocycles. The molecule has 0 unspecified atom stereocenters. The van der Waals surface area contributed by atoms with Crippen molar-refractivity contribution in [3.8, 4) is 0 Å². The van der Waals surface area contributed by atoms with Gasteiger partial charge in [-0.15, -0.1) is 0 Å². The first-order chi connectivity index (χ1) is 13.3. The SMILES string of the molecule is CC(C)c1cccc(Nc2c(F)cc(N3C[C@H](CN)OC3=O)cc2F)c(=O)c1. The van der Waals surface area contributed by atoms with E-state index in [1.807, 2.05) is 13.8 Å². The molecular formula is C20H21F2N3O3. The van der Waals surface area contributed by atoms with Crippen LogP contribution in [0.15, 0.2) is 41.2 Å². The summed E-state index contributed by atoms with van der Waals surface area (Å²) in [5.74, 6) is -1.73. The van der Waals surface area contributed by atoms with E-state index < -0.39 is 29.5 Å². The predicted octanol–water partition coefficient (Wildman–Crippen LogP) is 3.48. The number of nitrogens with zero attached hydrogens (tertiary/aromatic N) is 1. The summed E-state index contributed by atoms with van der Waals surface area (Å²) in [6, 6.07) is 8.35. The van der Waals surface area contributed by atoms with Gasteiger partial charge in [-0.3, -0.25) is 9.69 Å². The second kappa shape index (κ2) is 7.93. The Kier molecular flexibility index (Phi) is 5.60. The van der Waals surface area contributed by atoms with Crippen molar-refractivity contribution in [1.82, 2.24) is 0 Å². The smallest absolute Gasteiger partial charge is 0.414 e. The average molecular weight is 389 g/mol. The van der Waals surface area contributed by atoms with Gasteiger partial charge in [-0.25, -0.2) is 13.6 Å². The quantitative estimate of drug-likeness (QED) is 0.818. The highest BCUT2D eigenvalue weighted by Crippen LogP contribution is 2.30. The van der Waals surface area contributed by atoms with Crippen LogP contribution in [0.1, 0.15) is 25.3 Å². The maximum Gasteiger partial charge on any atom is 0.414 e. The number of anilines is 3. The summed E-state index contributed by atoms with van der Waals surface area (Å²) in [5, 5.41) is 2.53. The number of hydrogen-bond acceptors (Lipinski definition) is 5. The number of amides is 1. The van der Waals surface area contributed by atoms with Gasteiger partial charge in [0.05, 0.1) is 17.9 Å². The number of hydrogen-bond donors (Lipinski definition) is 2. The van der Waals surface area contributed by atoms with Gasteiger partial charge in [-0.05, 0) is 23.6 Å². The van der Waals surface area contributed by atoms with Crippen LogP contribution in [0, 0.1) is 11.6 Å². The molecule has 0 radical (unpaired) electrons. The average Bonchev–Trinajstić information content (AvgIpc) is 2.91. The normalized spacial score (nSPS) is 16.4. The van der Waals surface area contributed by atoms with Gasteiger partial charge in [-0.2, -0.15) is 0 Å². The molecule has 3 rings (SSSR count). The Balaban J connectivity index is 1.92. The Morgan fingerprint density at radius 3 is 2.46 bits per heavy atom. The number of halogens is 2. The standard InChI is InChI=1S/C20H21F2N3O3/c1-11(2)12-4-3-5-17(18(26)6-12)24-19-15(21)7-13(8-16(19)22)25-10-14(9-23)28-20(25)27/h3-8,11,14H,9-10,23H2,1-2H3,(H,24,26)/t14-/m0/s1. The lowest BCUT2D eigenvalue weighted by Crippen LogP contribution is -2.27. The van der Waals surface area contributed by atoms with Crippen molar-refractivity contribution >= 4 is 23.2 Å². The molecular weight excluding hydrogens is 368 g/mol. The lowest BCUT2D eigenvalue weighted by Gasteiger charge is -2.15. The number of nitrogens with one attached hydrogen (secondary N) is 1. The zero-order valence-corrected chi connectivity index (χ0v) is 15.5. The summed E-state index contributed by atoms with van der Waals surface area (Å²) in [4.78, 5) is 25.3. The number of carbonyl (C=O) groups excluding carboxylic acids is 1. The number of rotatable bonds is 5. The van der Waals surface area contributed by atoms with Crippen molar-refractivity contribution in [2.75, 3.05) is 23.3 Å². The van der Waals surface area contributed by atoms with E-state index in [0.717, 1.165) is 22.6 Å². The number of ether oxygens (including phenoxy) is 1. The number of carbonyl (C=O) groups is 1. The van der Waals surface area contributed by atoms with E-state index in [2.05, 4.69) is 5.32 Å². The van der Waals surface area contributed by atoms with Gasteiger partial charge in [0.2, 0.25) is 5.43 Å². The van der Waals surface area contributed by atoms with Crippen molar-refractivity contribution < 1.29 is 18.3 Å². The van der Waals surface area contributed by atoms with Crippen LogP contribution >= 0.6 is 0 Å². The Labute approximate surface area is 160 Å². The van der Waals surface area contributed by atoms with Crippen LogP contribution in [-0.2, 0) is 4.74 Å². The lowest BCUT2D eigenvalue weighted by atomic mass is 10.1. The molecule has 1 aliphatic heterocycles. The molecule has 0 spiro atoms. The fraction of sp³-hybridized carbons (Fsp3) is 0.300. The molecule has 1 amide bonds. The molecule has 0 saturated carbocycles. The Bertz CT molecular complexity index is 943. The summed E-state index contributed by atoms with van der Waals surface area (Å²) >= 11 is 0. The monoisotopic (exact) mass is 389 g/mol. The number of cyclic esters (lactones) is 1. The van der Waals surface area contributed by atoms with Crippen molar-refractivity contribution in [2.45, 2.75) is 25.9 Å². The van der Waals surface area contributed by atoms with Gasteiger partial charge in [0, 0.05) is 18.7 Å². The zero-order chi connectivity index (χ0) is 20.4. The van der Waals surface area contributed by atoms with Crippen molar-refractivity contribution in [1.29, 1.82) is 0 Å². The molecule has 2 aromatic carbocycles. The second-order valence-corrected chi connectivity index (χ2v) is 6.86. The van der Waals surface area contributed by atoms with Gasteiger partial charge < -0.3 is 15.8 Å². The van der Waals surface area contributed by atoms with Crippen LogP contribution in [0.25, 0.3) is 0 Å². The third-order valence-electron chi connectivity index (χ3n) is 4.52. The minimum absolute atomic E-state index is 0.0181. The highest BCUT2D eigenvalue weighted by Gasteiger charge is 2.32. The van der Waals surface area contributed by atoms with E-state index in [4.69, 9.17) is 10.5 Å². The van der Waals surface area contributed by atoms with E-state index in [0.29, 0.717) is 0 Å². The minimum Gasteiger partial charge on any atom is -0.443 e. The van der Waals surface area contributed by atoms with Gasteiger partial charge in [0.15, 0.2) is 11.6 Å². The molecule has 1 saturated heterocycles. The summed E-state index contributed by atoms with van der Waals surface area (Å²) in [6.45, 7) is 4.11. The molecule has 1 fully saturated rings. The molecule has 2 aromatic rings. The zero-order valence-electron chi connectivity index (χ0n) is 15.5. The molecule has 1 aliphatic rings. The highest BCUT2D eigenvalue weighted by molar-refractivity contribution is 5.90. The van der Waals surface area contributed by atoms with E-state index in [9.17, 15) is 18.4 Å². The van der Waals surface area contributed by atoms with Gasteiger partial charge in [0.25, 0.3) is 0 Å². The first-order valence-electron chi connectivity index (χ1n) is 8.88. The van der Waals surface area contributed by atoms with E-state index in [1.165, 1.54) is 12.1 Å². The lowest BCUT2D eigenvalue weighted by molar-refractivity contribution is 0.145. The minimum atomic E-state index is -0.936. The van der Waals surface area contributed by atoms with Crippen molar-refractivity contribution in [3.05, 3.63) is 63.8 Å². The summed E-state index contributed by atoms with van der Waals surface area (Å²) < 4.78 is 34.2. The molecule has 6 nitrogen and oxygen atoms in total. The van der Waals surface area contributed by atoms with Gasteiger partial charge in [-0.1, -0.05) is 26.0 Å². The van der Waals surface area contributed by atoms with Crippen molar-refractivity contribution in [2.24, 2.45) is 5.73 Å². The maximum atomic E-state index is 14.6. The predicted molar refractivity (Wildman–Crippen MR) is 103 cm³/mol. The van der Waals surface area contributed by atoms with E-state index in [-0.39, 0.29) is 35.8 Å². The molecule has 0 aromatic heterocycles. The van der Waals surface area contributed by atoms with Crippen LogP contribution in [0.5, 0.6) is 0 Å². The Morgan fingerprint density at radius 2 is 1.89 bits per heavy atom. The van der Waals surface area contributed by atoms with Crippen LogP contribution in [-0.4, -0.2) is 25.3 Å². The van der Waals surface area contributed by atoms with E-state index >= 15 is 0 Å². The van der Waals surface area contributed by atoms with Crippen LogP contribution in [0.3, 0.4) is 0 Å². The molecule has 1 atom stereocenters. The molecule has 8 heteroatoms. The molecule has 3 N–H and O–H groups in total. The van der Waals surface area contributed by atoms with Gasteiger partial charge >= 0.3 is 6.09 Å². The highest BCUT2D eigenvalue weighted by atomic mass is 19.1. The van der Waals surface area contributed by atoms with Crippen LogP contribution < -0.4 is 21.4 Å². The first-order valence-corrected chi connectivity index (χ1v) is 8.88. The fourth-order valence-electron chi connectivity index (χ4n) is 2.90. The van der Waals surface area contributed by atoms with Gasteiger partial charge in [0.1, 0.15) is 11.8 Å². The molecule has 0 aliphatic carbocycles. The first kappa shape index (κ1) is 19.8. The molecule has 148 valence electrons. The van der Waals surface area contributed by atoms with E-state index in [1.54, 1.807) is 12.1 Å². The van der Waals surface area contributed by atoms with Crippen LogP contribution in [0.2, 0.25) is 0 Å². The Morgan fingerprint density at radius 1 is 1.21 bits per heavy atom. The largest absolute Gasteiger partial charge is 0.443 e. The summed E-state index contributed by atoms with van der Waals surface area (Å²) in [7, 11) is 0. The van der Waals surface area contributed by atoms with Crippen LogP contribution in [0.4, 0.5) is 30.6 Å². The second-order valence-electron chi connectivity index (χ2n) is 6.86. The Hall–Kier alpha value is -3.00. The summed E-state index contributed by atoms with van der Waals surface area (Å²) in [6.07, 6.45) is -1.24. The fourth-order valence-corrected chi connectivity index (χ4v) is 2.90.